The van der Waals surface area contributed by atoms with Gasteiger partial charge in [-0.25, -0.2) is 4.39 Å². The van der Waals surface area contributed by atoms with Gasteiger partial charge in [-0.3, -0.25) is 0 Å². The van der Waals surface area contributed by atoms with Gasteiger partial charge in [0.2, 0.25) is 0 Å². The van der Waals surface area contributed by atoms with E-state index in [4.69, 9.17) is 5.26 Å². The lowest BCUT2D eigenvalue weighted by Crippen LogP contribution is -2.19. The maximum Gasteiger partial charge on any atom is 0.141 e. The number of fused-ring (bicyclic) bond motifs is 1. The van der Waals surface area contributed by atoms with Crippen LogP contribution < -0.4 is 0 Å². The number of nitrogens with zero attached hydrogens (tertiary/aromatic N) is 1. The third-order valence-corrected chi connectivity index (χ3v) is 5.46. The van der Waals surface area contributed by atoms with Crippen LogP contribution in [0.3, 0.4) is 0 Å². The molecule has 0 aliphatic heterocycles. The summed E-state index contributed by atoms with van der Waals surface area (Å²) in [6, 6.07) is 5.26. The number of nitriles is 1. The van der Waals surface area contributed by atoms with Crippen molar-refractivity contribution in [2.45, 2.75) is 58.3 Å². The standard InChI is InChI=1S/C20H24FN/c1-2-3-14-4-6-15(7-5-14)16-8-9-17-11-19(13-22)20(21)12-18(17)10-16/h8,11-12,14-15H,2-7,9-10H2,1H3. The van der Waals surface area contributed by atoms with Crippen LogP contribution in [0.25, 0.3) is 0 Å². The van der Waals surface area contributed by atoms with Crippen molar-refractivity contribution in [2.75, 3.05) is 0 Å². The average molecular weight is 297 g/mol. The van der Waals surface area contributed by atoms with E-state index in [1.807, 2.05) is 6.07 Å². The summed E-state index contributed by atoms with van der Waals surface area (Å²) in [7, 11) is 0. The quantitative estimate of drug-likeness (QED) is 0.692. The van der Waals surface area contributed by atoms with Gasteiger partial charge in [0, 0.05) is 0 Å². The van der Waals surface area contributed by atoms with Crippen LogP contribution >= 0.6 is 0 Å². The maximum absolute atomic E-state index is 13.8. The molecule has 0 spiro atoms. The molecule has 1 aromatic rings. The first-order valence-corrected chi connectivity index (χ1v) is 8.61. The molecular weight excluding hydrogens is 273 g/mol. The second-order valence-electron chi connectivity index (χ2n) is 6.88. The topological polar surface area (TPSA) is 23.8 Å². The molecule has 2 heteroatoms. The first-order chi connectivity index (χ1) is 10.7. The van der Waals surface area contributed by atoms with Gasteiger partial charge in [0.25, 0.3) is 0 Å². The molecule has 0 N–H and O–H groups in total. The molecule has 2 aliphatic rings. The minimum Gasteiger partial charge on any atom is -0.206 e. The first kappa shape index (κ1) is 15.3. The minimum atomic E-state index is -0.367. The molecule has 1 fully saturated rings. The molecule has 0 saturated heterocycles. The maximum atomic E-state index is 13.8. The lowest BCUT2D eigenvalue weighted by Gasteiger charge is -2.32. The third kappa shape index (κ3) is 3.09. The molecule has 0 unspecified atom stereocenters. The molecule has 1 saturated carbocycles. The van der Waals surface area contributed by atoms with Crippen molar-refractivity contribution in [1.29, 1.82) is 5.26 Å². The van der Waals surface area contributed by atoms with E-state index in [9.17, 15) is 4.39 Å². The van der Waals surface area contributed by atoms with Crippen molar-refractivity contribution in [3.8, 4) is 6.07 Å². The highest BCUT2D eigenvalue weighted by Crippen LogP contribution is 2.38. The zero-order valence-corrected chi connectivity index (χ0v) is 13.4. The van der Waals surface area contributed by atoms with Gasteiger partial charge in [-0.2, -0.15) is 5.26 Å². The van der Waals surface area contributed by atoms with Crippen molar-refractivity contribution in [2.24, 2.45) is 11.8 Å². The van der Waals surface area contributed by atoms with E-state index < -0.39 is 0 Å². The Morgan fingerprint density at radius 2 is 1.95 bits per heavy atom. The Balaban J connectivity index is 1.69. The van der Waals surface area contributed by atoms with Gasteiger partial charge in [0.05, 0.1) is 5.56 Å². The van der Waals surface area contributed by atoms with Crippen molar-refractivity contribution < 1.29 is 4.39 Å². The highest BCUT2D eigenvalue weighted by Gasteiger charge is 2.25. The molecule has 116 valence electrons. The molecule has 0 aromatic heterocycles. The van der Waals surface area contributed by atoms with Crippen LogP contribution in [0, 0.1) is 29.0 Å². The second-order valence-corrected chi connectivity index (χ2v) is 6.88. The van der Waals surface area contributed by atoms with Crippen LogP contribution in [0.4, 0.5) is 4.39 Å². The summed E-state index contributed by atoms with van der Waals surface area (Å²) in [5, 5.41) is 8.94. The Morgan fingerprint density at radius 1 is 1.18 bits per heavy atom. The van der Waals surface area contributed by atoms with E-state index >= 15 is 0 Å². The molecular formula is C20H24FN. The number of halogens is 1. The van der Waals surface area contributed by atoms with Gasteiger partial charge >= 0.3 is 0 Å². The smallest absolute Gasteiger partial charge is 0.141 e. The summed E-state index contributed by atoms with van der Waals surface area (Å²) in [6.07, 6.45) is 12.0. The summed E-state index contributed by atoms with van der Waals surface area (Å²) in [6.45, 7) is 2.27. The molecule has 0 atom stereocenters. The minimum absolute atomic E-state index is 0.177. The molecule has 0 bridgehead atoms. The Labute approximate surface area is 132 Å². The molecule has 1 aromatic carbocycles. The first-order valence-electron chi connectivity index (χ1n) is 8.61. The molecule has 2 aliphatic carbocycles. The van der Waals surface area contributed by atoms with E-state index in [0.717, 1.165) is 29.9 Å². The van der Waals surface area contributed by atoms with E-state index in [1.54, 1.807) is 12.1 Å². The van der Waals surface area contributed by atoms with Gasteiger partial charge in [0.1, 0.15) is 11.9 Å². The van der Waals surface area contributed by atoms with Crippen LogP contribution in [0.5, 0.6) is 0 Å². The summed E-state index contributed by atoms with van der Waals surface area (Å²) >= 11 is 0. The highest BCUT2D eigenvalue weighted by molar-refractivity contribution is 5.44. The summed E-state index contributed by atoms with van der Waals surface area (Å²) < 4.78 is 13.8. The molecule has 0 radical (unpaired) electrons. The number of hydrogen-bond donors (Lipinski definition) is 0. The fourth-order valence-electron chi connectivity index (χ4n) is 4.17. The van der Waals surface area contributed by atoms with Crippen LogP contribution in [0.1, 0.15) is 62.1 Å². The van der Waals surface area contributed by atoms with Crippen molar-refractivity contribution >= 4 is 0 Å². The molecule has 3 rings (SSSR count). The Kier molecular flexibility index (Phi) is 4.62. The summed E-state index contributed by atoms with van der Waals surface area (Å²) in [5.41, 5.74) is 3.90. The number of hydrogen-bond acceptors (Lipinski definition) is 1. The normalized spacial score (nSPS) is 24.3. The Morgan fingerprint density at radius 3 is 2.64 bits per heavy atom. The monoisotopic (exact) mass is 297 g/mol. The van der Waals surface area contributed by atoms with Gasteiger partial charge in [0.15, 0.2) is 0 Å². The largest absolute Gasteiger partial charge is 0.206 e. The molecule has 0 heterocycles. The van der Waals surface area contributed by atoms with Gasteiger partial charge in [-0.15, -0.1) is 0 Å². The van der Waals surface area contributed by atoms with Crippen molar-refractivity contribution in [3.05, 3.63) is 46.3 Å². The predicted octanol–water partition coefficient (Wildman–Crippen LogP) is 5.33. The molecule has 0 amide bonds. The van der Waals surface area contributed by atoms with Crippen molar-refractivity contribution in [1.82, 2.24) is 0 Å². The molecule has 1 nitrogen and oxygen atoms in total. The van der Waals surface area contributed by atoms with Gasteiger partial charge in [-0.1, -0.05) is 31.4 Å². The van der Waals surface area contributed by atoms with Crippen LogP contribution in [-0.2, 0) is 12.8 Å². The van der Waals surface area contributed by atoms with E-state index in [1.165, 1.54) is 44.1 Å². The van der Waals surface area contributed by atoms with Crippen LogP contribution in [0.2, 0.25) is 0 Å². The zero-order valence-electron chi connectivity index (χ0n) is 13.4. The molecule has 22 heavy (non-hydrogen) atoms. The highest BCUT2D eigenvalue weighted by atomic mass is 19.1. The van der Waals surface area contributed by atoms with E-state index in [2.05, 4.69) is 13.0 Å². The summed E-state index contributed by atoms with van der Waals surface area (Å²) in [4.78, 5) is 0. The lowest BCUT2D eigenvalue weighted by molar-refractivity contribution is 0.283. The van der Waals surface area contributed by atoms with E-state index in [0.29, 0.717) is 5.92 Å². The number of rotatable bonds is 3. The van der Waals surface area contributed by atoms with Gasteiger partial charge < -0.3 is 0 Å². The third-order valence-electron chi connectivity index (χ3n) is 5.46. The van der Waals surface area contributed by atoms with Gasteiger partial charge in [-0.05, 0) is 73.6 Å². The van der Waals surface area contributed by atoms with Crippen LogP contribution in [-0.4, -0.2) is 0 Å². The fourth-order valence-corrected chi connectivity index (χ4v) is 4.17. The lowest BCUT2D eigenvalue weighted by atomic mass is 9.74. The predicted molar refractivity (Wildman–Crippen MR) is 87.0 cm³/mol. The second kappa shape index (κ2) is 6.65. The van der Waals surface area contributed by atoms with Crippen LogP contribution in [0.15, 0.2) is 23.8 Å². The Hall–Kier alpha value is -1.62. The fraction of sp³-hybridized carbons (Fsp3) is 0.550. The SMILES string of the molecule is CCCC1CCC(C2=CCc3cc(C#N)c(F)cc3C2)CC1. The van der Waals surface area contributed by atoms with E-state index in [-0.39, 0.29) is 11.4 Å². The van der Waals surface area contributed by atoms with Crippen molar-refractivity contribution in [3.63, 3.8) is 0 Å². The average Bonchev–Trinajstić information content (AvgIpc) is 2.54. The Bertz CT molecular complexity index is 615. The number of benzene rings is 1. The summed E-state index contributed by atoms with van der Waals surface area (Å²) in [5.74, 6) is 1.25. The number of allylic oxidation sites excluding steroid dienone is 2. The zero-order chi connectivity index (χ0) is 15.5.